The molecular formula is C19H17Cl2NO3. The fourth-order valence-electron chi connectivity index (χ4n) is 2.78. The van der Waals surface area contributed by atoms with Gasteiger partial charge in [-0.1, -0.05) is 29.3 Å². The standard InChI is InChI=1S/C19H17Cl2NO3/c1-11-4-5-14(8-12(11)2)25-7-3-6-22-17-15(18(23)19(22)24)9-13(20)10-16(17)21/h4-5,8-10H,3,6-7H2,1-2H3. The van der Waals surface area contributed by atoms with Crippen LogP contribution in [0.25, 0.3) is 0 Å². The van der Waals surface area contributed by atoms with Gasteiger partial charge in [0, 0.05) is 11.6 Å². The van der Waals surface area contributed by atoms with Crippen LogP contribution in [-0.4, -0.2) is 24.8 Å². The lowest BCUT2D eigenvalue weighted by Gasteiger charge is -2.18. The quantitative estimate of drug-likeness (QED) is 0.564. The van der Waals surface area contributed by atoms with E-state index in [-0.39, 0.29) is 5.56 Å². The summed E-state index contributed by atoms with van der Waals surface area (Å²) in [7, 11) is 0. The minimum Gasteiger partial charge on any atom is -0.494 e. The maximum atomic E-state index is 12.2. The lowest BCUT2D eigenvalue weighted by atomic mass is 10.1. The zero-order valence-corrected chi connectivity index (χ0v) is 15.4. The zero-order chi connectivity index (χ0) is 18.1. The molecule has 0 aromatic heterocycles. The van der Waals surface area contributed by atoms with Gasteiger partial charge in [-0.3, -0.25) is 9.59 Å². The summed E-state index contributed by atoms with van der Waals surface area (Å²) in [5.74, 6) is -0.364. The number of anilines is 1. The molecule has 0 unspecified atom stereocenters. The van der Waals surface area contributed by atoms with Crippen molar-refractivity contribution < 1.29 is 14.3 Å². The first-order valence-corrected chi connectivity index (χ1v) is 8.69. The minimum absolute atomic E-state index is 0.262. The third-order valence-electron chi connectivity index (χ3n) is 4.26. The van der Waals surface area contributed by atoms with Gasteiger partial charge in [0.25, 0.3) is 11.7 Å². The molecule has 1 heterocycles. The number of aryl methyl sites for hydroxylation is 2. The number of amides is 1. The highest BCUT2D eigenvalue weighted by atomic mass is 35.5. The zero-order valence-electron chi connectivity index (χ0n) is 13.9. The first kappa shape index (κ1) is 17.8. The van der Waals surface area contributed by atoms with Gasteiger partial charge in [-0.25, -0.2) is 0 Å². The van der Waals surface area contributed by atoms with Crippen molar-refractivity contribution in [2.45, 2.75) is 20.3 Å². The van der Waals surface area contributed by atoms with Gasteiger partial charge in [0.2, 0.25) is 0 Å². The van der Waals surface area contributed by atoms with E-state index in [0.29, 0.717) is 35.3 Å². The van der Waals surface area contributed by atoms with E-state index in [1.165, 1.54) is 22.6 Å². The van der Waals surface area contributed by atoms with Gasteiger partial charge in [0.05, 0.1) is 22.9 Å². The molecule has 1 amide bonds. The Balaban J connectivity index is 1.65. The second-order valence-electron chi connectivity index (χ2n) is 6.02. The number of halogens is 2. The number of carbonyl (C=O) groups excluding carboxylic acids is 2. The highest BCUT2D eigenvalue weighted by molar-refractivity contribution is 6.54. The van der Waals surface area contributed by atoms with E-state index in [1.807, 2.05) is 32.0 Å². The number of fused-ring (bicyclic) bond motifs is 1. The molecule has 3 rings (SSSR count). The lowest BCUT2D eigenvalue weighted by Crippen LogP contribution is -2.31. The molecule has 6 heteroatoms. The van der Waals surface area contributed by atoms with E-state index in [1.54, 1.807) is 0 Å². The van der Waals surface area contributed by atoms with Crippen LogP contribution in [0.3, 0.4) is 0 Å². The monoisotopic (exact) mass is 377 g/mol. The van der Waals surface area contributed by atoms with Crippen LogP contribution in [0.1, 0.15) is 27.9 Å². The number of hydrogen-bond acceptors (Lipinski definition) is 3. The average Bonchev–Trinajstić information content (AvgIpc) is 2.80. The Bertz CT molecular complexity index is 864. The number of rotatable bonds is 5. The second kappa shape index (κ2) is 7.06. The lowest BCUT2D eigenvalue weighted by molar-refractivity contribution is -0.114. The van der Waals surface area contributed by atoms with Crippen molar-refractivity contribution >= 4 is 40.6 Å². The number of ether oxygens (including phenoxy) is 1. The second-order valence-corrected chi connectivity index (χ2v) is 6.86. The number of Topliss-reactive ketones (excluding diaryl/α,β-unsaturated/α-hetero) is 1. The van der Waals surface area contributed by atoms with Crippen LogP contribution in [0.5, 0.6) is 5.75 Å². The van der Waals surface area contributed by atoms with Gasteiger partial charge < -0.3 is 9.64 Å². The summed E-state index contributed by atoms with van der Waals surface area (Å²) in [5.41, 5.74) is 3.07. The molecule has 2 aromatic rings. The number of hydrogen-bond donors (Lipinski definition) is 0. The summed E-state index contributed by atoms with van der Waals surface area (Å²) in [6, 6.07) is 8.92. The van der Waals surface area contributed by atoms with Gasteiger partial charge in [0.1, 0.15) is 5.75 Å². The normalized spacial score (nSPS) is 13.4. The van der Waals surface area contributed by atoms with Crippen LogP contribution in [0, 0.1) is 13.8 Å². The molecule has 0 aliphatic carbocycles. The number of carbonyl (C=O) groups is 2. The number of benzene rings is 2. The molecule has 0 fully saturated rings. The molecule has 0 N–H and O–H groups in total. The molecule has 2 aromatic carbocycles. The molecule has 0 saturated heterocycles. The summed E-state index contributed by atoms with van der Waals surface area (Å²) in [4.78, 5) is 25.7. The Morgan fingerprint density at radius 2 is 1.80 bits per heavy atom. The first-order chi connectivity index (χ1) is 11.9. The Kier molecular flexibility index (Phi) is 5.02. The number of nitrogens with zero attached hydrogens (tertiary/aromatic N) is 1. The van der Waals surface area contributed by atoms with Crippen molar-refractivity contribution in [2.24, 2.45) is 0 Å². The van der Waals surface area contributed by atoms with Gasteiger partial charge in [-0.15, -0.1) is 0 Å². The first-order valence-electron chi connectivity index (χ1n) is 7.94. The van der Waals surface area contributed by atoms with Crippen molar-refractivity contribution in [3.8, 4) is 5.75 Å². The topological polar surface area (TPSA) is 46.6 Å². The molecule has 0 spiro atoms. The van der Waals surface area contributed by atoms with E-state index in [0.717, 1.165) is 11.3 Å². The van der Waals surface area contributed by atoms with Crippen molar-refractivity contribution in [1.82, 2.24) is 0 Å². The van der Waals surface area contributed by atoms with Crippen molar-refractivity contribution in [1.29, 1.82) is 0 Å². The van der Waals surface area contributed by atoms with Crippen LogP contribution in [0.15, 0.2) is 30.3 Å². The smallest absolute Gasteiger partial charge is 0.299 e. The third kappa shape index (κ3) is 3.51. The van der Waals surface area contributed by atoms with E-state index in [4.69, 9.17) is 27.9 Å². The molecule has 1 aliphatic heterocycles. The Morgan fingerprint density at radius 1 is 1.04 bits per heavy atom. The van der Waals surface area contributed by atoms with E-state index in [2.05, 4.69) is 0 Å². The van der Waals surface area contributed by atoms with Crippen LogP contribution in [0.4, 0.5) is 5.69 Å². The van der Waals surface area contributed by atoms with Crippen molar-refractivity contribution in [3.05, 3.63) is 57.1 Å². The highest BCUT2D eigenvalue weighted by Gasteiger charge is 2.37. The Morgan fingerprint density at radius 3 is 2.52 bits per heavy atom. The van der Waals surface area contributed by atoms with Gasteiger partial charge >= 0.3 is 0 Å². The Labute approximate surface area is 156 Å². The molecule has 1 aliphatic rings. The Hall–Kier alpha value is -2.04. The van der Waals surface area contributed by atoms with Gasteiger partial charge in [0.15, 0.2) is 0 Å². The molecular weight excluding hydrogens is 361 g/mol. The van der Waals surface area contributed by atoms with Crippen LogP contribution < -0.4 is 9.64 Å². The summed E-state index contributed by atoms with van der Waals surface area (Å²) in [6.07, 6.45) is 0.574. The molecule has 0 atom stereocenters. The summed E-state index contributed by atoms with van der Waals surface area (Å²) < 4.78 is 5.72. The average molecular weight is 378 g/mol. The van der Waals surface area contributed by atoms with E-state index < -0.39 is 11.7 Å². The van der Waals surface area contributed by atoms with Crippen molar-refractivity contribution in [2.75, 3.05) is 18.1 Å². The van der Waals surface area contributed by atoms with Crippen LogP contribution in [0.2, 0.25) is 10.0 Å². The predicted octanol–water partition coefficient (Wildman–Crippen LogP) is 4.61. The fraction of sp³-hybridized carbons (Fsp3) is 0.263. The SMILES string of the molecule is Cc1ccc(OCCCN2C(=O)C(=O)c3cc(Cl)cc(Cl)c32)cc1C. The summed E-state index contributed by atoms with van der Waals surface area (Å²) in [6.45, 7) is 4.86. The van der Waals surface area contributed by atoms with Crippen LogP contribution >= 0.6 is 23.2 Å². The van der Waals surface area contributed by atoms with Gasteiger partial charge in [-0.2, -0.15) is 0 Å². The molecule has 25 heavy (non-hydrogen) atoms. The summed E-state index contributed by atoms with van der Waals surface area (Å²) >= 11 is 12.1. The van der Waals surface area contributed by atoms with Crippen LogP contribution in [-0.2, 0) is 4.79 Å². The molecule has 0 saturated carbocycles. The minimum atomic E-state index is -0.578. The maximum Gasteiger partial charge on any atom is 0.299 e. The maximum absolute atomic E-state index is 12.2. The molecule has 0 radical (unpaired) electrons. The van der Waals surface area contributed by atoms with Crippen molar-refractivity contribution in [3.63, 3.8) is 0 Å². The fourth-order valence-corrected chi connectivity index (χ4v) is 3.38. The third-order valence-corrected chi connectivity index (χ3v) is 4.76. The largest absolute Gasteiger partial charge is 0.494 e. The predicted molar refractivity (Wildman–Crippen MR) is 99.2 cm³/mol. The molecule has 4 nitrogen and oxygen atoms in total. The highest BCUT2D eigenvalue weighted by Crippen LogP contribution is 2.38. The molecule has 130 valence electrons. The number of ketones is 1. The van der Waals surface area contributed by atoms with E-state index >= 15 is 0 Å². The van der Waals surface area contributed by atoms with E-state index in [9.17, 15) is 9.59 Å². The molecule has 0 bridgehead atoms. The summed E-state index contributed by atoms with van der Waals surface area (Å²) in [5, 5.41) is 0.640. The van der Waals surface area contributed by atoms with Gasteiger partial charge in [-0.05, 0) is 55.7 Å².